The fourth-order valence-electron chi connectivity index (χ4n) is 2.36. The van der Waals surface area contributed by atoms with Crippen LogP contribution in [0.3, 0.4) is 0 Å². The van der Waals surface area contributed by atoms with Crippen molar-refractivity contribution in [3.63, 3.8) is 0 Å². The summed E-state index contributed by atoms with van der Waals surface area (Å²) >= 11 is 0. The zero-order valence-electron chi connectivity index (χ0n) is 13.8. The molecule has 0 aliphatic carbocycles. The van der Waals surface area contributed by atoms with Gasteiger partial charge < -0.3 is 4.42 Å². The van der Waals surface area contributed by atoms with Gasteiger partial charge in [0.15, 0.2) is 0 Å². The van der Waals surface area contributed by atoms with Crippen molar-refractivity contribution in [2.24, 2.45) is 0 Å². The lowest BCUT2D eigenvalue weighted by Crippen LogP contribution is -2.37. The van der Waals surface area contributed by atoms with Crippen molar-refractivity contribution in [2.45, 2.75) is 19.6 Å². The Morgan fingerprint density at radius 1 is 0.739 bits per heavy atom. The van der Waals surface area contributed by atoms with Gasteiger partial charge in [-0.2, -0.15) is 0 Å². The summed E-state index contributed by atoms with van der Waals surface area (Å²) in [4.78, 5) is 0. The zero-order chi connectivity index (χ0) is 16.3. The van der Waals surface area contributed by atoms with E-state index in [1.807, 2.05) is 36.4 Å². The van der Waals surface area contributed by atoms with E-state index in [0.29, 0.717) is 0 Å². The highest BCUT2D eigenvalue weighted by molar-refractivity contribution is 6.88. The Morgan fingerprint density at radius 3 is 1.78 bits per heavy atom. The molecular formula is C21H20OSi. The third-order valence-corrected chi connectivity index (χ3v) is 5.86. The fourth-order valence-corrected chi connectivity index (χ4v) is 3.53. The molecule has 2 aromatic carbocycles. The normalized spacial score (nSPS) is 10.9. The maximum absolute atomic E-state index is 5.39. The molecule has 0 atom stereocenters. The number of hydrogen-bond donors (Lipinski definition) is 0. The average molecular weight is 316 g/mol. The van der Waals surface area contributed by atoms with Crippen molar-refractivity contribution in [2.75, 3.05) is 0 Å². The molecule has 23 heavy (non-hydrogen) atoms. The topological polar surface area (TPSA) is 13.1 Å². The molecule has 2 heteroatoms. The molecular weight excluding hydrogens is 296 g/mol. The fraction of sp³-hybridized carbons (Fsp3) is 0.143. The number of rotatable bonds is 2. The molecule has 3 rings (SSSR count). The van der Waals surface area contributed by atoms with Crippen LogP contribution in [0.1, 0.15) is 11.1 Å². The van der Waals surface area contributed by atoms with Gasteiger partial charge in [-0.15, -0.1) is 0 Å². The number of furan rings is 1. The van der Waals surface area contributed by atoms with E-state index in [9.17, 15) is 0 Å². The predicted molar refractivity (Wildman–Crippen MR) is 99.5 cm³/mol. The second-order valence-corrected chi connectivity index (χ2v) is 11.7. The van der Waals surface area contributed by atoms with Gasteiger partial charge in [-0.3, -0.25) is 0 Å². The van der Waals surface area contributed by atoms with Crippen molar-refractivity contribution in [1.82, 2.24) is 0 Å². The summed E-state index contributed by atoms with van der Waals surface area (Å²) in [6.07, 6.45) is 1.69. The second-order valence-electron chi connectivity index (χ2n) is 6.63. The van der Waals surface area contributed by atoms with Crippen LogP contribution in [0.25, 0.3) is 11.3 Å². The van der Waals surface area contributed by atoms with Crippen molar-refractivity contribution in [1.29, 1.82) is 0 Å². The van der Waals surface area contributed by atoms with Gasteiger partial charge in [0.05, 0.1) is 14.3 Å². The van der Waals surface area contributed by atoms with Gasteiger partial charge in [-0.1, -0.05) is 60.9 Å². The third-order valence-electron chi connectivity index (χ3n) is 3.79. The van der Waals surface area contributed by atoms with Gasteiger partial charge in [0, 0.05) is 16.7 Å². The van der Waals surface area contributed by atoms with Gasteiger partial charge >= 0.3 is 0 Å². The van der Waals surface area contributed by atoms with Crippen LogP contribution in [0.5, 0.6) is 0 Å². The Hall–Kier alpha value is -2.50. The number of benzene rings is 2. The lowest BCUT2D eigenvalue weighted by atomic mass is 10.1. The summed E-state index contributed by atoms with van der Waals surface area (Å²) in [6, 6.07) is 20.7. The van der Waals surface area contributed by atoms with Crippen LogP contribution in [-0.4, -0.2) is 8.07 Å². The van der Waals surface area contributed by atoms with Crippen LogP contribution < -0.4 is 5.19 Å². The van der Waals surface area contributed by atoms with E-state index < -0.39 is 8.07 Å². The highest BCUT2D eigenvalue weighted by Crippen LogP contribution is 2.19. The summed E-state index contributed by atoms with van der Waals surface area (Å²) in [5.74, 6) is 7.34. The molecule has 114 valence electrons. The molecule has 0 unspecified atom stereocenters. The molecule has 0 amide bonds. The van der Waals surface area contributed by atoms with Crippen molar-refractivity contribution < 1.29 is 4.42 Å². The molecule has 0 radical (unpaired) electrons. The SMILES string of the molecule is C[Si](C)(C)c1ccc(C#Cc2ccc(-c3ccco3)cc2)cc1. The Balaban J connectivity index is 1.76. The Bertz CT molecular complexity index is 824. The van der Waals surface area contributed by atoms with Gasteiger partial charge in [0.25, 0.3) is 0 Å². The standard InChI is InChI=1S/C21H20OSi/c1-23(2,3)20-14-10-18(11-15-20)7-6-17-8-12-19(13-9-17)21-5-4-16-22-21/h4-5,8-16H,1-3H3. The molecule has 1 heterocycles. The van der Waals surface area contributed by atoms with E-state index in [-0.39, 0.29) is 0 Å². The Labute approximate surface area is 139 Å². The molecule has 0 fully saturated rings. The molecule has 0 bridgehead atoms. The van der Waals surface area contributed by atoms with E-state index in [1.54, 1.807) is 6.26 Å². The monoisotopic (exact) mass is 316 g/mol. The second kappa shape index (κ2) is 6.32. The van der Waals surface area contributed by atoms with Crippen LogP contribution in [0.2, 0.25) is 19.6 Å². The van der Waals surface area contributed by atoms with Crippen molar-refractivity contribution >= 4 is 13.3 Å². The molecule has 1 aromatic heterocycles. The van der Waals surface area contributed by atoms with Crippen LogP contribution in [0.4, 0.5) is 0 Å². The van der Waals surface area contributed by atoms with Crippen LogP contribution in [0, 0.1) is 11.8 Å². The van der Waals surface area contributed by atoms with E-state index in [1.165, 1.54) is 5.19 Å². The van der Waals surface area contributed by atoms with Crippen molar-refractivity contribution in [3.05, 3.63) is 78.1 Å². The quantitative estimate of drug-likeness (QED) is 0.484. The summed E-state index contributed by atoms with van der Waals surface area (Å²) in [7, 11) is -1.23. The predicted octanol–water partition coefficient (Wildman–Crippen LogP) is 4.89. The lowest BCUT2D eigenvalue weighted by molar-refractivity contribution is 0.582. The summed E-state index contributed by atoms with van der Waals surface area (Å²) < 4.78 is 5.39. The van der Waals surface area contributed by atoms with Crippen LogP contribution >= 0.6 is 0 Å². The first-order valence-electron chi connectivity index (χ1n) is 7.79. The first kappa shape index (κ1) is 15.4. The molecule has 0 spiro atoms. The van der Waals surface area contributed by atoms with Gasteiger partial charge in [0.1, 0.15) is 5.76 Å². The highest BCUT2D eigenvalue weighted by Gasteiger charge is 2.15. The molecule has 0 saturated carbocycles. The molecule has 0 saturated heterocycles. The van der Waals surface area contributed by atoms with Gasteiger partial charge in [-0.25, -0.2) is 0 Å². The van der Waals surface area contributed by atoms with E-state index in [4.69, 9.17) is 4.42 Å². The first-order valence-corrected chi connectivity index (χ1v) is 11.3. The first-order chi connectivity index (χ1) is 11.0. The minimum atomic E-state index is -1.23. The largest absolute Gasteiger partial charge is 0.464 e. The molecule has 0 N–H and O–H groups in total. The zero-order valence-corrected chi connectivity index (χ0v) is 14.8. The Kier molecular flexibility index (Phi) is 4.23. The van der Waals surface area contributed by atoms with E-state index >= 15 is 0 Å². The highest BCUT2D eigenvalue weighted by atomic mass is 28.3. The molecule has 1 nitrogen and oxygen atoms in total. The minimum absolute atomic E-state index is 0.881. The van der Waals surface area contributed by atoms with E-state index in [2.05, 4.69) is 55.7 Å². The molecule has 0 aliphatic rings. The number of hydrogen-bond acceptors (Lipinski definition) is 1. The third kappa shape index (κ3) is 3.83. The van der Waals surface area contributed by atoms with Crippen molar-refractivity contribution in [3.8, 4) is 23.2 Å². The summed E-state index contributed by atoms with van der Waals surface area (Å²) in [6.45, 7) is 7.07. The Morgan fingerprint density at radius 2 is 1.30 bits per heavy atom. The maximum atomic E-state index is 5.39. The smallest absolute Gasteiger partial charge is 0.133 e. The van der Waals surface area contributed by atoms with Gasteiger partial charge in [0.2, 0.25) is 0 Å². The summed E-state index contributed by atoms with van der Waals surface area (Å²) in [5.41, 5.74) is 3.14. The maximum Gasteiger partial charge on any atom is 0.133 e. The average Bonchev–Trinajstić information content (AvgIpc) is 3.07. The van der Waals surface area contributed by atoms with Gasteiger partial charge in [-0.05, 0) is 36.4 Å². The van der Waals surface area contributed by atoms with E-state index in [0.717, 1.165) is 22.5 Å². The van der Waals surface area contributed by atoms with Crippen LogP contribution in [0.15, 0.2) is 71.3 Å². The lowest BCUT2D eigenvalue weighted by Gasteiger charge is -2.15. The summed E-state index contributed by atoms with van der Waals surface area (Å²) in [5, 5.41) is 1.46. The molecule has 3 aromatic rings. The molecule has 0 aliphatic heterocycles. The van der Waals surface area contributed by atoms with Crippen LogP contribution in [-0.2, 0) is 0 Å². The minimum Gasteiger partial charge on any atom is -0.464 e.